The van der Waals surface area contributed by atoms with Gasteiger partial charge in [0.25, 0.3) is 10.0 Å². The number of aryl methyl sites for hydroxylation is 3. The van der Waals surface area contributed by atoms with Gasteiger partial charge in [-0.25, -0.2) is 8.42 Å². The van der Waals surface area contributed by atoms with E-state index in [-0.39, 0.29) is 4.90 Å². The molecule has 0 saturated heterocycles. The first-order valence-electron chi connectivity index (χ1n) is 6.82. The van der Waals surface area contributed by atoms with Crippen LogP contribution in [-0.4, -0.2) is 8.42 Å². The van der Waals surface area contributed by atoms with Gasteiger partial charge in [0.15, 0.2) is 0 Å². The van der Waals surface area contributed by atoms with Crippen LogP contribution in [0.3, 0.4) is 0 Å². The van der Waals surface area contributed by atoms with Crippen molar-refractivity contribution in [3.63, 3.8) is 0 Å². The number of nitrogen functional groups attached to an aromatic ring is 1. The first kappa shape index (κ1) is 15.4. The molecule has 0 aliphatic heterocycles. The highest BCUT2D eigenvalue weighted by molar-refractivity contribution is 7.92. The molecule has 0 radical (unpaired) electrons. The lowest BCUT2D eigenvalue weighted by Crippen LogP contribution is -2.16. The Morgan fingerprint density at radius 2 is 1.81 bits per heavy atom. The maximum atomic E-state index is 12.6. The Bertz CT molecular complexity index is 768. The average molecular weight is 304 g/mol. The van der Waals surface area contributed by atoms with Gasteiger partial charge >= 0.3 is 0 Å². The normalized spacial score (nSPS) is 11.4. The zero-order valence-electron chi connectivity index (χ0n) is 12.5. The maximum absolute atomic E-state index is 12.6. The first-order chi connectivity index (χ1) is 9.85. The van der Waals surface area contributed by atoms with Crippen molar-refractivity contribution in [1.82, 2.24) is 0 Å². The number of hydrogen-bond donors (Lipinski definition) is 2. The SMILES string of the molecule is CCc1cccc(C)c1NS(=O)(=O)c1cc(N)ccc1C. The zero-order valence-corrected chi connectivity index (χ0v) is 13.3. The Hall–Kier alpha value is -2.01. The summed E-state index contributed by atoms with van der Waals surface area (Å²) in [5, 5.41) is 0. The molecule has 0 spiro atoms. The molecule has 0 atom stereocenters. The molecule has 0 aromatic heterocycles. The van der Waals surface area contributed by atoms with E-state index in [0.29, 0.717) is 16.9 Å². The summed E-state index contributed by atoms with van der Waals surface area (Å²) in [4.78, 5) is 0.216. The van der Waals surface area contributed by atoms with E-state index in [9.17, 15) is 8.42 Å². The summed E-state index contributed by atoms with van der Waals surface area (Å²) in [6, 6.07) is 10.6. The van der Waals surface area contributed by atoms with Crippen LogP contribution in [-0.2, 0) is 16.4 Å². The van der Waals surface area contributed by atoms with E-state index in [0.717, 1.165) is 17.5 Å². The van der Waals surface area contributed by atoms with Crippen molar-refractivity contribution in [1.29, 1.82) is 0 Å². The molecule has 0 saturated carbocycles. The van der Waals surface area contributed by atoms with Crippen molar-refractivity contribution in [2.45, 2.75) is 32.1 Å². The van der Waals surface area contributed by atoms with Gasteiger partial charge in [0.2, 0.25) is 0 Å². The summed E-state index contributed by atoms with van der Waals surface area (Å²) >= 11 is 0. The maximum Gasteiger partial charge on any atom is 0.262 e. The molecule has 0 unspecified atom stereocenters. The first-order valence-corrected chi connectivity index (χ1v) is 8.31. The molecule has 112 valence electrons. The monoisotopic (exact) mass is 304 g/mol. The van der Waals surface area contributed by atoms with Crippen LogP contribution in [0.4, 0.5) is 11.4 Å². The van der Waals surface area contributed by atoms with Gasteiger partial charge in [0.05, 0.1) is 10.6 Å². The Kier molecular flexibility index (Phi) is 4.23. The molecule has 0 amide bonds. The second kappa shape index (κ2) is 5.77. The summed E-state index contributed by atoms with van der Waals surface area (Å²) in [5.74, 6) is 0. The van der Waals surface area contributed by atoms with E-state index in [4.69, 9.17) is 5.73 Å². The fraction of sp³-hybridized carbons (Fsp3) is 0.250. The van der Waals surface area contributed by atoms with Crippen LogP contribution >= 0.6 is 0 Å². The number of hydrogen-bond acceptors (Lipinski definition) is 3. The Morgan fingerprint density at radius 1 is 1.10 bits per heavy atom. The van der Waals surface area contributed by atoms with Crippen LogP contribution in [0.1, 0.15) is 23.6 Å². The minimum absolute atomic E-state index is 0.216. The highest BCUT2D eigenvalue weighted by atomic mass is 32.2. The molecule has 0 aliphatic rings. The lowest BCUT2D eigenvalue weighted by molar-refractivity contribution is 0.600. The molecule has 0 bridgehead atoms. The molecule has 2 rings (SSSR count). The van der Waals surface area contributed by atoms with E-state index < -0.39 is 10.0 Å². The standard InChI is InChI=1S/C16H20N2O2S/c1-4-13-7-5-6-12(3)16(13)18-21(19,20)15-10-14(17)9-8-11(15)2/h5-10,18H,4,17H2,1-3H3. The highest BCUT2D eigenvalue weighted by Gasteiger charge is 2.19. The largest absolute Gasteiger partial charge is 0.399 e. The highest BCUT2D eigenvalue weighted by Crippen LogP contribution is 2.26. The van der Waals surface area contributed by atoms with E-state index in [1.807, 2.05) is 32.0 Å². The van der Waals surface area contributed by atoms with E-state index in [1.165, 1.54) is 6.07 Å². The molecule has 0 aliphatic carbocycles. The molecule has 2 aromatic carbocycles. The van der Waals surface area contributed by atoms with E-state index in [2.05, 4.69) is 4.72 Å². The van der Waals surface area contributed by atoms with Gasteiger partial charge in [-0.05, 0) is 49.1 Å². The van der Waals surface area contributed by atoms with Crippen LogP contribution in [0, 0.1) is 13.8 Å². The molecule has 4 nitrogen and oxygen atoms in total. The van der Waals surface area contributed by atoms with Crippen molar-refractivity contribution < 1.29 is 8.42 Å². The third-order valence-corrected chi connectivity index (χ3v) is 4.97. The fourth-order valence-electron chi connectivity index (χ4n) is 2.26. The summed E-state index contributed by atoms with van der Waals surface area (Å²) in [6.07, 6.45) is 0.759. The summed E-state index contributed by atoms with van der Waals surface area (Å²) in [6.45, 7) is 5.65. The van der Waals surface area contributed by atoms with Crippen LogP contribution in [0.2, 0.25) is 0 Å². The molecule has 0 heterocycles. The fourth-order valence-corrected chi connectivity index (χ4v) is 3.72. The van der Waals surface area contributed by atoms with Crippen molar-refractivity contribution in [2.75, 3.05) is 10.5 Å². The lowest BCUT2D eigenvalue weighted by atomic mass is 10.1. The lowest BCUT2D eigenvalue weighted by Gasteiger charge is -2.15. The molecule has 0 fully saturated rings. The Balaban J connectivity index is 2.50. The molecule has 2 aromatic rings. The van der Waals surface area contributed by atoms with Crippen LogP contribution in [0.25, 0.3) is 0 Å². The van der Waals surface area contributed by atoms with Gasteiger partial charge in [-0.15, -0.1) is 0 Å². The second-order valence-electron chi connectivity index (χ2n) is 5.09. The number of nitrogens with one attached hydrogen (secondary N) is 1. The van der Waals surface area contributed by atoms with Crippen LogP contribution in [0.15, 0.2) is 41.3 Å². The third kappa shape index (κ3) is 3.19. The Labute approximate surface area is 126 Å². The van der Waals surface area contributed by atoms with Gasteiger partial charge in [0, 0.05) is 5.69 Å². The van der Waals surface area contributed by atoms with Gasteiger partial charge in [0.1, 0.15) is 0 Å². The zero-order chi connectivity index (χ0) is 15.6. The van der Waals surface area contributed by atoms with E-state index in [1.54, 1.807) is 19.1 Å². The Morgan fingerprint density at radius 3 is 2.48 bits per heavy atom. The third-order valence-electron chi connectivity index (χ3n) is 3.48. The average Bonchev–Trinajstić information content (AvgIpc) is 2.43. The smallest absolute Gasteiger partial charge is 0.262 e. The second-order valence-corrected chi connectivity index (χ2v) is 6.74. The topological polar surface area (TPSA) is 72.2 Å². The summed E-state index contributed by atoms with van der Waals surface area (Å²) in [7, 11) is -3.65. The van der Waals surface area contributed by atoms with Gasteiger partial charge in [-0.2, -0.15) is 0 Å². The minimum Gasteiger partial charge on any atom is -0.399 e. The molecule has 5 heteroatoms. The molecule has 3 N–H and O–H groups in total. The van der Waals surface area contributed by atoms with Gasteiger partial charge in [-0.3, -0.25) is 4.72 Å². The summed E-state index contributed by atoms with van der Waals surface area (Å²) in [5.41, 5.74) is 9.34. The predicted octanol–water partition coefficient (Wildman–Crippen LogP) is 3.25. The van der Waals surface area contributed by atoms with Crippen LogP contribution < -0.4 is 10.5 Å². The molecular formula is C16H20N2O2S. The van der Waals surface area contributed by atoms with Crippen molar-refractivity contribution >= 4 is 21.4 Å². The van der Waals surface area contributed by atoms with Crippen molar-refractivity contribution in [3.05, 3.63) is 53.1 Å². The number of para-hydroxylation sites is 1. The molecular weight excluding hydrogens is 284 g/mol. The minimum atomic E-state index is -3.65. The number of nitrogens with two attached hydrogens (primary N) is 1. The van der Waals surface area contributed by atoms with Crippen molar-refractivity contribution in [2.24, 2.45) is 0 Å². The number of sulfonamides is 1. The molecule has 21 heavy (non-hydrogen) atoms. The van der Waals surface area contributed by atoms with Gasteiger partial charge in [-0.1, -0.05) is 31.2 Å². The predicted molar refractivity (Wildman–Crippen MR) is 87.0 cm³/mol. The summed E-state index contributed by atoms with van der Waals surface area (Å²) < 4.78 is 28.0. The number of benzene rings is 2. The van der Waals surface area contributed by atoms with Crippen molar-refractivity contribution in [3.8, 4) is 0 Å². The number of rotatable bonds is 4. The van der Waals surface area contributed by atoms with Crippen LogP contribution in [0.5, 0.6) is 0 Å². The number of anilines is 2. The quantitative estimate of drug-likeness (QED) is 0.852. The van der Waals surface area contributed by atoms with Gasteiger partial charge < -0.3 is 5.73 Å². The van der Waals surface area contributed by atoms with E-state index >= 15 is 0 Å².